The third-order valence-electron chi connectivity index (χ3n) is 2.49. The Balaban J connectivity index is 2.33. The normalized spacial score (nSPS) is 10.2. The zero-order valence-corrected chi connectivity index (χ0v) is 11.2. The highest BCUT2D eigenvalue weighted by Gasteiger charge is 2.07. The number of rotatable bonds is 3. The Bertz CT molecular complexity index is 572. The summed E-state index contributed by atoms with van der Waals surface area (Å²) in [5, 5.41) is 3.57. The first kappa shape index (κ1) is 12.6. The van der Waals surface area contributed by atoms with Crippen LogP contribution in [-0.4, -0.2) is 17.0 Å². The maximum absolute atomic E-state index is 5.91. The fourth-order valence-corrected chi connectivity index (χ4v) is 1.71. The summed E-state index contributed by atoms with van der Waals surface area (Å²) in [5.41, 5.74) is 1.84. The van der Waals surface area contributed by atoms with Gasteiger partial charge in [-0.1, -0.05) is 11.6 Å². The van der Waals surface area contributed by atoms with Gasteiger partial charge in [-0.05, 0) is 37.6 Å². The second kappa shape index (κ2) is 5.23. The molecule has 1 N–H and O–H groups in total. The predicted octanol–water partition coefficient (Wildman–Crippen LogP) is 3.58. The van der Waals surface area contributed by atoms with Crippen molar-refractivity contribution in [2.75, 3.05) is 12.4 Å². The minimum atomic E-state index is 0.530. The van der Waals surface area contributed by atoms with E-state index in [1.54, 1.807) is 19.3 Å². The molecule has 0 atom stereocenters. The van der Waals surface area contributed by atoms with Crippen LogP contribution in [0.25, 0.3) is 0 Å². The monoisotopic (exact) mass is 263 g/mol. The van der Waals surface area contributed by atoms with Gasteiger partial charge in [-0.25, -0.2) is 4.98 Å². The molecule has 0 aliphatic rings. The van der Waals surface area contributed by atoms with Crippen molar-refractivity contribution in [1.29, 1.82) is 0 Å². The summed E-state index contributed by atoms with van der Waals surface area (Å²) < 4.78 is 5.79. The summed E-state index contributed by atoms with van der Waals surface area (Å²) in [6.45, 7) is 3.84. The molecule has 18 heavy (non-hydrogen) atoms. The van der Waals surface area contributed by atoms with E-state index >= 15 is 0 Å². The van der Waals surface area contributed by atoms with E-state index in [1.165, 1.54) is 0 Å². The molecule has 1 aromatic heterocycles. The van der Waals surface area contributed by atoms with Gasteiger partial charge in [0.2, 0.25) is 11.8 Å². The molecule has 0 bridgehead atoms. The van der Waals surface area contributed by atoms with Crippen molar-refractivity contribution in [2.45, 2.75) is 13.8 Å². The third-order valence-corrected chi connectivity index (χ3v) is 2.73. The molecule has 5 heteroatoms. The minimum Gasteiger partial charge on any atom is -0.438 e. The second-order valence-corrected chi connectivity index (χ2v) is 4.38. The predicted molar refractivity (Wildman–Crippen MR) is 72.6 cm³/mol. The summed E-state index contributed by atoms with van der Waals surface area (Å²) in [6.07, 6.45) is 1.72. The summed E-state index contributed by atoms with van der Waals surface area (Å²) in [6, 6.07) is 5.48. The minimum absolute atomic E-state index is 0.530. The van der Waals surface area contributed by atoms with Gasteiger partial charge in [0, 0.05) is 23.8 Å². The van der Waals surface area contributed by atoms with Crippen molar-refractivity contribution in [3.8, 4) is 11.6 Å². The zero-order chi connectivity index (χ0) is 13.1. The Hall–Kier alpha value is -1.81. The Morgan fingerprint density at radius 3 is 2.67 bits per heavy atom. The van der Waals surface area contributed by atoms with Crippen LogP contribution in [0.2, 0.25) is 5.02 Å². The van der Waals surface area contributed by atoms with Crippen LogP contribution in [0.5, 0.6) is 11.6 Å². The number of anilines is 1. The number of ether oxygens (including phenoxy) is 1. The topological polar surface area (TPSA) is 47.0 Å². The van der Waals surface area contributed by atoms with E-state index < -0.39 is 0 Å². The van der Waals surface area contributed by atoms with Crippen LogP contribution in [0.3, 0.4) is 0 Å². The van der Waals surface area contributed by atoms with E-state index in [0.717, 1.165) is 16.9 Å². The van der Waals surface area contributed by atoms with Gasteiger partial charge < -0.3 is 10.1 Å². The first-order chi connectivity index (χ1) is 8.60. The molecule has 2 aromatic rings. The number of aromatic nitrogens is 2. The highest BCUT2D eigenvalue weighted by Crippen LogP contribution is 2.28. The standard InChI is InChI=1S/C13H14ClN3O/c1-8-6-10(14)4-5-11(8)18-12-9(2)7-16-13(15-3)17-12/h4-7H,1-3H3,(H,15,16,17). The van der Waals surface area contributed by atoms with Crippen molar-refractivity contribution >= 4 is 17.5 Å². The maximum atomic E-state index is 5.91. The Morgan fingerprint density at radius 1 is 1.22 bits per heavy atom. The quantitative estimate of drug-likeness (QED) is 0.919. The van der Waals surface area contributed by atoms with Crippen molar-refractivity contribution in [3.63, 3.8) is 0 Å². The van der Waals surface area contributed by atoms with E-state index in [0.29, 0.717) is 16.9 Å². The number of halogens is 1. The van der Waals surface area contributed by atoms with Gasteiger partial charge in [-0.15, -0.1) is 0 Å². The maximum Gasteiger partial charge on any atom is 0.226 e. The van der Waals surface area contributed by atoms with E-state index in [9.17, 15) is 0 Å². The molecule has 0 fully saturated rings. The zero-order valence-electron chi connectivity index (χ0n) is 10.5. The highest BCUT2D eigenvalue weighted by atomic mass is 35.5. The Labute approximate surface area is 111 Å². The third kappa shape index (κ3) is 2.71. The van der Waals surface area contributed by atoms with Gasteiger partial charge in [0.1, 0.15) is 5.75 Å². The number of nitrogens with one attached hydrogen (secondary N) is 1. The molecule has 1 heterocycles. The molecule has 0 radical (unpaired) electrons. The largest absolute Gasteiger partial charge is 0.438 e. The van der Waals surface area contributed by atoms with Crippen molar-refractivity contribution in [2.24, 2.45) is 0 Å². The molecule has 0 aliphatic carbocycles. The molecule has 0 amide bonds. The molecule has 2 rings (SSSR count). The van der Waals surface area contributed by atoms with Crippen LogP contribution < -0.4 is 10.1 Å². The molecular weight excluding hydrogens is 250 g/mol. The SMILES string of the molecule is CNc1ncc(C)c(Oc2ccc(Cl)cc2C)n1. The first-order valence-corrected chi connectivity index (χ1v) is 5.93. The second-order valence-electron chi connectivity index (χ2n) is 3.94. The lowest BCUT2D eigenvalue weighted by Crippen LogP contribution is -2.00. The molecule has 94 valence electrons. The van der Waals surface area contributed by atoms with Crippen molar-refractivity contribution < 1.29 is 4.74 Å². The number of aryl methyl sites for hydroxylation is 2. The molecule has 4 nitrogen and oxygen atoms in total. The first-order valence-electron chi connectivity index (χ1n) is 5.55. The van der Waals surface area contributed by atoms with E-state index in [-0.39, 0.29) is 0 Å². The molecule has 0 saturated carbocycles. The lowest BCUT2D eigenvalue weighted by molar-refractivity contribution is 0.455. The smallest absolute Gasteiger partial charge is 0.226 e. The number of hydrogen-bond donors (Lipinski definition) is 1. The van der Waals surface area contributed by atoms with E-state index in [1.807, 2.05) is 26.0 Å². The van der Waals surface area contributed by atoms with Crippen LogP contribution >= 0.6 is 11.6 Å². The van der Waals surface area contributed by atoms with E-state index in [2.05, 4.69) is 15.3 Å². The average Bonchev–Trinajstić information content (AvgIpc) is 2.35. The average molecular weight is 264 g/mol. The molecule has 1 aromatic carbocycles. The van der Waals surface area contributed by atoms with Crippen LogP contribution in [0.4, 0.5) is 5.95 Å². The fraction of sp³-hybridized carbons (Fsp3) is 0.231. The van der Waals surface area contributed by atoms with Gasteiger partial charge in [-0.3, -0.25) is 0 Å². The fourth-order valence-electron chi connectivity index (χ4n) is 1.48. The van der Waals surface area contributed by atoms with Crippen molar-refractivity contribution in [3.05, 3.63) is 40.5 Å². The van der Waals surface area contributed by atoms with Crippen molar-refractivity contribution in [1.82, 2.24) is 9.97 Å². The summed E-state index contributed by atoms with van der Waals surface area (Å²) >= 11 is 5.91. The lowest BCUT2D eigenvalue weighted by Gasteiger charge is -2.10. The van der Waals surface area contributed by atoms with Crippen LogP contribution in [-0.2, 0) is 0 Å². The van der Waals surface area contributed by atoms with Gasteiger partial charge in [-0.2, -0.15) is 4.98 Å². The lowest BCUT2D eigenvalue weighted by atomic mass is 10.2. The van der Waals surface area contributed by atoms with Crippen LogP contribution in [0, 0.1) is 13.8 Å². The molecular formula is C13H14ClN3O. The van der Waals surface area contributed by atoms with Gasteiger partial charge in [0.25, 0.3) is 0 Å². The summed E-state index contributed by atoms with van der Waals surface area (Å²) in [5.74, 6) is 1.81. The summed E-state index contributed by atoms with van der Waals surface area (Å²) in [4.78, 5) is 8.38. The number of hydrogen-bond acceptors (Lipinski definition) is 4. The van der Waals surface area contributed by atoms with Gasteiger partial charge in [0.05, 0.1) is 0 Å². The molecule has 0 saturated heterocycles. The Kier molecular flexibility index (Phi) is 3.67. The number of nitrogens with zero attached hydrogens (tertiary/aromatic N) is 2. The van der Waals surface area contributed by atoms with Gasteiger partial charge >= 0.3 is 0 Å². The Morgan fingerprint density at radius 2 is 2.00 bits per heavy atom. The van der Waals surface area contributed by atoms with Gasteiger partial charge in [0.15, 0.2) is 0 Å². The van der Waals surface area contributed by atoms with Crippen LogP contribution in [0.15, 0.2) is 24.4 Å². The summed E-state index contributed by atoms with van der Waals surface area (Å²) in [7, 11) is 1.77. The van der Waals surface area contributed by atoms with Crippen LogP contribution in [0.1, 0.15) is 11.1 Å². The number of benzene rings is 1. The molecule has 0 aliphatic heterocycles. The molecule has 0 unspecified atom stereocenters. The highest BCUT2D eigenvalue weighted by molar-refractivity contribution is 6.30. The van der Waals surface area contributed by atoms with E-state index in [4.69, 9.17) is 16.3 Å². The molecule has 0 spiro atoms.